The van der Waals surface area contributed by atoms with Gasteiger partial charge < -0.3 is 0 Å². The molecule has 2 nitrogen and oxygen atoms in total. The van der Waals surface area contributed by atoms with Gasteiger partial charge in [0, 0.05) is 0 Å². The van der Waals surface area contributed by atoms with E-state index in [1.165, 1.54) is 16.7 Å². The first kappa shape index (κ1) is 16.5. The van der Waals surface area contributed by atoms with Gasteiger partial charge in [0.2, 0.25) is 9.84 Å². The van der Waals surface area contributed by atoms with E-state index in [0.717, 1.165) is 12.0 Å². The molecule has 3 aromatic carbocycles. The van der Waals surface area contributed by atoms with Gasteiger partial charge in [-0.25, -0.2) is 8.42 Å². The molecule has 0 radical (unpaired) electrons. The SMILES string of the molecule is Cc1ccc(Cc2ccc(S(=O)(=O)c3ccccc3)cc2)c(C)c1. The lowest BCUT2D eigenvalue weighted by molar-refractivity contribution is 0.596. The minimum atomic E-state index is -3.44. The van der Waals surface area contributed by atoms with Crippen molar-refractivity contribution in [2.45, 2.75) is 30.1 Å². The summed E-state index contributed by atoms with van der Waals surface area (Å²) >= 11 is 0. The molecule has 0 amide bonds. The van der Waals surface area contributed by atoms with Gasteiger partial charge in [0.1, 0.15) is 0 Å². The minimum Gasteiger partial charge on any atom is -0.219 e. The molecule has 24 heavy (non-hydrogen) atoms. The maximum atomic E-state index is 12.6. The molecule has 0 aromatic heterocycles. The highest BCUT2D eigenvalue weighted by atomic mass is 32.2. The van der Waals surface area contributed by atoms with Crippen LogP contribution in [0.5, 0.6) is 0 Å². The number of aryl methyl sites for hydroxylation is 2. The van der Waals surface area contributed by atoms with E-state index in [0.29, 0.717) is 9.79 Å². The molecule has 122 valence electrons. The summed E-state index contributed by atoms with van der Waals surface area (Å²) in [6, 6.07) is 22.1. The van der Waals surface area contributed by atoms with E-state index in [1.807, 2.05) is 18.2 Å². The summed E-state index contributed by atoms with van der Waals surface area (Å²) in [7, 11) is -3.44. The zero-order valence-corrected chi connectivity index (χ0v) is 14.7. The van der Waals surface area contributed by atoms with Crippen LogP contribution in [-0.4, -0.2) is 8.42 Å². The number of hydrogen-bond acceptors (Lipinski definition) is 2. The average molecular weight is 336 g/mol. The first-order chi connectivity index (χ1) is 11.5. The van der Waals surface area contributed by atoms with E-state index in [2.05, 4.69) is 32.0 Å². The number of hydrogen-bond donors (Lipinski definition) is 0. The second-order valence-electron chi connectivity index (χ2n) is 6.07. The normalized spacial score (nSPS) is 11.4. The summed E-state index contributed by atoms with van der Waals surface area (Å²) in [6.45, 7) is 4.19. The van der Waals surface area contributed by atoms with Gasteiger partial charge in [0.25, 0.3) is 0 Å². The van der Waals surface area contributed by atoms with Crippen molar-refractivity contribution in [1.82, 2.24) is 0 Å². The molecular formula is C21H20O2S. The minimum absolute atomic E-state index is 0.326. The highest BCUT2D eigenvalue weighted by Gasteiger charge is 2.16. The van der Waals surface area contributed by atoms with Crippen LogP contribution < -0.4 is 0 Å². The second-order valence-corrected chi connectivity index (χ2v) is 8.02. The van der Waals surface area contributed by atoms with Crippen molar-refractivity contribution in [3.63, 3.8) is 0 Å². The smallest absolute Gasteiger partial charge is 0.206 e. The predicted molar refractivity (Wildman–Crippen MR) is 97.1 cm³/mol. The van der Waals surface area contributed by atoms with Crippen LogP contribution in [0.2, 0.25) is 0 Å². The Balaban J connectivity index is 1.86. The highest BCUT2D eigenvalue weighted by Crippen LogP contribution is 2.22. The summed E-state index contributed by atoms with van der Waals surface area (Å²) in [4.78, 5) is 0.658. The lowest BCUT2D eigenvalue weighted by atomic mass is 9.99. The molecular weight excluding hydrogens is 316 g/mol. The van der Waals surface area contributed by atoms with E-state index >= 15 is 0 Å². The summed E-state index contributed by atoms with van der Waals surface area (Å²) in [5, 5.41) is 0. The highest BCUT2D eigenvalue weighted by molar-refractivity contribution is 7.91. The summed E-state index contributed by atoms with van der Waals surface area (Å²) in [6.07, 6.45) is 0.803. The summed E-state index contributed by atoms with van der Waals surface area (Å²) < 4.78 is 25.2. The van der Waals surface area contributed by atoms with Gasteiger partial charge in [0.15, 0.2) is 0 Å². The van der Waals surface area contributed by atoms with Crippen LogP contribution in [0.3, 0.4) is 0 Å². The Morgan fingerprint density at radius 1 is 0.750 bits per heavy atom. The van der Waals surface area contributed by atoms with Gasteiger partial charge in [-0.2, -0.15) is 0 Å². The molecule has 0 atom stereocenters. The van der Waals surface area contributed by atoms with Gasteiger partial charge in [-0.3, -0.25) is 0 Å². The molecule has 0 saturated carbocycles. The molecule has 0 bridgehead atoms. The first-order valence-electron chi connectivity index (χ1n) is 7.92. The van der Waals surface area contributed by atoms with Crippen molar-refractivity contribution in [1.29, 1.82) is 0 Å². The van der Waals surface area contributed by atoms with Crippen molar-refractivity contribution in [3.8, 4) is 0 Å². The molecule has 0 spiro atoms. The fraction of sp³-hybridized carbons (Fsp3) is 0.143. The molecule has 0 aliphatic heterocycles. The molecule has 3 heteroatoms. The van der Waals surface area contributed by atoms with E-state index in [9.17, 15) is 8.42 Å². The van der Waals surface area contributed by atoms with Gasteiger partial charge in [-0.05, 0) is 61.2 Å². The van der Waals surface area contributed by atoms with Crippen LogP contribution in [0.1, 0.15) is 22.3 Å². The lowest BCUT2D eigenvalue weighted by Crippen LogP contribution is -2.02. The number of sulfone groups is 1. The van der Waals surface area contributed by atoms with Crippen LogP contribution in [0, 0.1) is 13.8 Å². The first-order valence-corrected chi connectivity index (χ1v) is 9.40. The largest absolute Gasteiger partial charge is 0.219 e. The van der Waals surface area contributed by atoms with Crippen LogP contribution in [0.4, 0.5) is 0 Å². The zero-order valence-electron chi connectivity index (χ0n) is 13.9. The Hall–Kier alpha value is -2.39. The second kappa shape index (κ2) is 6.62. The fourth-order valence-electron chi connectivity index (χ4n) is 2.79. The summed E-state index contributed by atoms with van der Waals surface area (Å²) in [5.74, 6) is 0. The van der Waals surface area contributed by atoms with Gasteiger partial charge >= 0.3 is 0 Å². The number of rotatable bonds is 4. The average Bonchev–Trinajstić information content (AvgIpc) is 2.59. The van der Waals surface area contributed by atoms with Crippen molar-refractivity contribution in [2.24, 2.45) is 0 Å². The lowest BCUT2D eigenvalue weighted by Gasteiger charge is -2.09. The van der Waals surface area contributed by atoms with E-state index in [4.69, 9.17) is 0 Å². The van der Waals surface area contributed by atoms with Crippen molar-refractivity contribution in [3.05, 3.63) is 95.1 Å². The molecule has 3 rings (SSSR count). The summed E-state index contributed by atoms with van der Waals surface area (Å²) in [5.41, 5.74) is 4.88. The Kier molecular flexibility index (Phi) is 4.54. The maximum absolute atomic E-state index is 12.6. The molecule has 0 aliphatic carbocycles. The van der Waals surface area contributed by atoms with Crippen LogP contribution in [0.15, 0.2) is 82.6 Å². The number of benzene rings is 3. The molecule has 0 saturated heterocycles. The van der Waals surface area contributed by atoms with E-state index in [-0.39, 0.29) is 0 Å². The molecule has 3 aromatic rings. The Morgan fingerprint density at radius 2 is 1.38 bits per heavy atom. The molecule has 0 fully saturated rings. The van der Waals surface area contributed by atoms with Gasteiger partial charge in [-0.1, -0.05) is 54.1 Å². The predicted octanol–water partition coefficient (Wildman–Crippen LogP) is 4.73. The van der Waals surface area contributed by atoms with Gasteiger partial charge in [0.05, 0.1) is 9.79 Å². The van der Waals surface area contributed by atoms with Crippen LogP contribution in [-0.2, 0) is 16.3 Å². The quantitative estimate of drug-likeness (QED) is 0.690. The monoisotopic (exact) mass is 336 g/mol. The topological polar surface area (TPSA) is 34.1 Å². The Bertz CT molecular complexity index is 941. The molecule has 0 aliphatic rings. The Morgan fingerprint density at radius 3 is 2.00 bits per heavy atom. The molecule has 0 N–H and O–H groups in total. The molecule has 0 unspecified atom stereocenters. The fourth-order valence-corrected chi connectivity index (χ4v) is 4.07. The van der Waals surface area contributed by atoms with Crippen molar-refractivity contribution < 1.29 is 8.42 Å². The molecule has 0 heterocycles. The third-order valence-corrected chi connectivity index (χ3v) is 5.97. The third-order valence-electron chi connectivity index (χ3n) is 4.18. The Labute approximate surface area is 143 Å². The van der Waals surface area contributed by atoms with Crippen LogP contribution >= 0.6 is 0 Å². The maximum Gasteiger partial charge on any atom is 0.206 e. The standard InChI is InChI=1S/C21H20O2S/c1-16-8-11-19(17(2)14-16)15-18-9-12-21(13-10-18)24(22,23)20-6-4-3-5-7-20/h3-14H,15H2,1-2H3. The van der Waals surface area contributed by atoms with E-state index < -0.39 is 9.84 Å². The van der Waals surface area contributed by atoms with Crippen molar-refractivity contribution >= 4 is 9.84 Å². The van der Waals surface area contributed by atoms with Crippen LogP contribution in [0.25, 0.3) is 0 Å². The van der Waals surface area contributed by atoms with Crippen molar-refractivity contribution in [2.75, 3.05) is 0 Å². The van der Waals surface area contributed by atoms with Gasteiger partial charge in [-0.15, -0.1) is 0 Å². The zero-order chi connectivity index (χ0) is 17.2. The van der Waals surface area contributed by atoms with E-state index in [1.54, 1.807) is 36.4 Å². The third kappa shape index (κ3) is 3.41.